The minimum absolute atomic E-state index is 0.325. The Labute approximate surface area is 55.6 Å². The zero-order valence-corrected chi connectivity index (χ0v) is 5.86. The van der Waals surface area contributed by atoms with E-state index in [0.29, 0.717) is 11.4 Å². The van der Waals surface area contributed by atoms with E-state index in [0.717, 1.165) is 5.57 Å². The molecular weight excluding hydrogens is 112 g/mol. The fourth-order valence-electron chi connectivity index (χ4n) is 0.398. The van der Waals surface area contributed by atoms with Gasteiger partial charge in [-0.25, -0.2) is 0 Å². The van der Waals surface area contributed by atoms with Gasteiger partial charge in [0.1, 0.15) is 0 Å². The van der Waals surface area contributed by atoms with Crippen LogP contribution in [0.3, 0.4) is 0 Å². The Morgan fingerprint density at radius 2 is 2.11 bits per heavy atom. The molecule has 0 aromatic heterocycles. The van der Waals surface area contributed by atoms with Crippen LogP contribution in [0.5, 0.6) is 0 Å². The van der Waals surface area contributed by atoms with Crippen molar-refractivity contribution in [2.45, 2.75) is 13.8 Å². The van der Waals surface area contributed by atoms with Crippen molar-refractivity contribution in [3.63, 3.8) is 0 Å². The highest BCUT2D eigenvalue weighted by Gasteiger charge is 1.97. The van der Waals surface area contributed by atoms with E-state index in [1.807, 2.05) is 19.9 Å². The summed E-state index contributed by atoms with van der Waals surface area (Å²) in [5.41, 5.74) is 6.77. The molecule has 0 aromatic carbocycles. The molecule has 0 aromatic rings. The van der Waals surface area contributed by atoms with Crippen LogP contribution in [-0.2, 0) is 0 Å². The van der Waals surface area contributed by atoms with Crippen LogP contribution < -0.4 is 5.73 Å². The molecule has 0 saturated carbocycles. The van der Waals surface area contributed by atoms with E-state index in [4.69, 9.17) is 11.1 Å². The average Bonchev–Trinajstić information content (AvgIpc) is 1.84. The molecule has 0 fully saturated rings. The molecule has 0 atom stereocenters. The monoisotopic (exact) mass is 124 g/mol. The third-order valence-corrected chi connectivity index (χ3v) is 1.15. The highest BCUT2D eigenvalue weighted by atomic mass is 14.6. The molecule has 2 nitrogen and oxygen atoms in total. The zero-order valence-electron chi connectivity index (χ0n) is 5.86. The van der Waals surface area contributed by atoms with Crippen molar-refractivity contribution in [3.05, 3.63) is 23.9 Å². The molecule has 50 valence electrons. The second-order valence-corrected chi connectivity index (χ2v) is 1.87. The molecule has 0 heterocycles. The second kappa shape index (κ2) is 3.07. The lowest BCUT2D eigenvalue weighted by atomic mass is 10.1. The van der Waals surface area contributed by atoms with Gasteiger partial charge in [0.25, 0.3) is 0 Å². The van der Waals surface area contributed by atoms with Crippen LogP contribution in [0.1, 0.15) is 13.8 Å². The first kappa shape index (κ1) is 7.95. The van der Waals surface area contributed by atoms with Gasteiger partial charge in [0.15, 0.2) is 0 Å². The Morgan fingerprint density at radius 3 is 2.22 bits per heavy atom. The van der Waals surface area contributed by atoms with Crippen molar-refractivity contribution in [3.8, 4) is 0 Å². The van der Waals surface area contributed by atoms with Crippen LogP contribution in [0.25, 0.3) is 0 Å². The Kier molecular flexibility index (Phi) is 2.71. The molecular formula is C7H12N2. The Morgan fingerprint density at radius 1 is 1.67 bits per heavy atom. The summed E-state index contributed by atoms with van der Waals surface area (Å²) >= 11 is 0. The maximum absolute atomic E-state index is 7.26. The molecule has 0 aliphatic rings. The lowest BCUT2D eigenvalue weighted by Crippen LogP contribution is -2.09. The molecule has 0 unspecified atom stereocenters. The van der Waals surface area contributed by atoms with Gasteiger partial charge in [-0.15, -0.1) is 0 Å². The second-order valence-electron chi connectivity index (χ2n) is 1.87. The van der Waals surface area contributed by atoms with Gasteiger partial charge in [-0.05, 0) is 19.4 Å². The Hall–Kier alpha value is -1.05. The predicted octanol–water partition coefficient (Wildman–Crippen LogP) is 1.44. The number of hydrogen-bond acceptors (Lipinski definition) is 2. The van der Waals surface area contributed by atoms with Gasteiger partial charge in [0.2, 0.25) is 0 Å². The van der Waals surface area contributed by atoms with Crippen LogP contribution in [0.4, 0.5) is 0 Å². The summed E-state index contributed by atoms with van der Waals surface area (Å²) in [5.74, 6) is 0. The van der Waals surface area contributed by atoms with Gasteiger partial charge in [-0.3, -0.25) is 5.41 Å². The Balaban J connectivity index is 4.23. The van der Waals surface area contributed by atoms with Gasteiger partial charge in [0.05, 0.1) is 5.71 Å². The van der Waals surface area contributed by atoms with E-state index >= 15 is 0 Å². The molecule has 0 bridgehead atoms. The topological polar surface area (TPSA) is 49.9 Å². The molecule has 2 heteroatoms. The van der Waals surface area contributed by atoms with E-state index in [9.17, 15) is 0 Å². The van der Waals surface area contributed by atoms with E-state index < -0.39 is 0 Å². The average molecular weight is 124 g/mol. The van der Waals surface area contributed by atoms with E-state index in [-0.39, 0.29) is 0 Å². The van der Waals surface area contributed by atoms with E-state index in [1.54, 1.807) is 0 Å². The summed E-state index contributed by atoms with van der Waals surface area (Å²) in [5, 5.41) is 7.26. The van der Waals surface area contributed by atoms with Gasteiger partial charge in [-0.2, -0.15) is 0 Å². The molecule has 0 radical (unpaired) electrons. The fourth-order valence-corrected chi connectivity index (χ4v) is 0.398. The summed E-state index contributed by atoms with van der Waals surface area (Å²) in [6.07, 6.45) is 1.83. The lowest BCUT2D eigenvalue weighted by Gasteiger charge is -1.99. The van der Waals surface area contributed by atoms with Gasteiger partial charge in [-0.1, -0.05) is 12.7 Å². The maximum Gasteiger partial charge on any atom is 0.0788 e. The van der Waals surface area contributed by atoms with Crippen molar-refractivity contribution in [2.75, 3.05) is 0 Å². The zero-order chi connectivity index (χ0) is 7.44. The molecule has 0 amide bonds. The first-order chi connectivity index (χ1) is 4.09. The first-order valence-electron chi connectivity index (χ1n) is 2.76. The third-order valence-electron chi connectivity index (χ3n) is 1.15. The molecule has 0 rings (SSSR count). The van der Waals surface area contributed by atoms with Crippen LogP contribution >= 0.6 is 0 Å². The summed E-state index contributed by atoms with van der Waals surface area (Å²) in [6.45, 7) is 7.14. The van der Waals surface area contributed by atoms with Crippen molar-refractivity contribution in [2.24, 2.45) is 5.73 Å². The molecule has 0 saturated heterocycles. The summed E-state index contributed by atoms with van der Waals surface area (Å²) in [7, 11) is 0. The van der Waals surface area contributed by atoms with Gasteiger partial charge in [0, 0.05) is 5.70 Å². The third kappa shape index (κ3) is 2.13. The standard InChI is InChI=1S/C7H12N2/c1-4-5(2)7(9)6(3)8/h4,9H,3,8H2,1-2H3/b5-4+,9-7?. The number of nitrogens with one attached hydrogen (secondary N) is 1. The van der Waals surface area contributed by atoms with Crippen molar-refractivity contribution in [1.82, 2.24) is 0 Å². The van der Waals surface area contributed by atoms with Gasteiger partial charge < -0.3 is 5.73 Å². The van der Waals surface area contributed by atoms with Crippen LogP contribution in [0.2, 0.25) is 0 Å². The molecule has 3 N–H and O–H groups in total. The Bertz CT molecular complexity index is 166. The first-order valence-corrected chi connectivity index (χ1v) is 2.76. The normalized spacial score (nSPS) is 11.1. The minimum atomic E-state index is 0.325. The molecule has 0 aliphatic heterocycles. The van der Waals surface area contributed by atoms with Crippen molar-refractivity contribution >= 4 is 5.71 Å². The lowest BCUT2D eigenvalue weighted by molar-refractivity contribution is 1.36. The quantitative estimate of drug-likeness (QED) is 0.538. The van der Waals surface area contributed by atoms with Crippen molar-refractivity contribution in [1.29, 1.82) is 5.41 Å². The van der Waals surface area contributed by atoms with Crippen LogP contribution in [0, 0.1) is 5.41 Å². The number of rotatable bonds is 2. The maximum atomic E-state index is 7.26. The number of nitrogens with two attached hydrogens (primary N) is 1. The highest BCUT2D eigenvalue weighted by molar-refractivity contribution is 6.08. The highest BCUT2D eigenvalue weighted by Crippen LogP contribution is 1.97. The van der Waals surface area contributed by atoms with Crippen LogP contribution in [0.15, 0.2) is 23.9 Å². The largest absolute Gasteiger partial charge is 0.397 e. The van der Waals surface area contributed by atoms with E-state index in [1.165, 1.54) is 0 Å². The minimum Gasteiger partial charge on any atom is -0.397 e. The number of hydrogen-bond donors (Lipinski definition) is 2. The molecule has 0 spiro atoms. The summed E-state index contributed by atoms with van der Waals surface area (Å²) < 4.78 is 0. The fraction of sp³-hybridized carbons (Fsp3) is 0.286. The predicted molar refractivity (Wildman–Crippen MR) is 40.5 cm³/mol. The van der Waals surface area contributed by atoms with Crippen molar-refractivity contribution < 1.29 is 0 Å². The van der Waals surface area contributed by atoms with E-state index in [2.05, 4.69) is 6.58 Å². The number of allylic oxidation sites excluding steroid dienone is 2. The SMILES string of the molecule is C=C(N)C(=N)/C(C)=C/C. The smallest absolute Gasteiger partial charge is 0.0788 e. The van der Waals surface area contributed by atoms with Crippen LogP contribution in [-0.4, -0.2) is 5.71 Å². The van der Waals surface area contributed by atoms with Gasteiger partial charge >= 0.3 is 0 Å². The molecule has 0 aliphatic carbocycles. The summed E-state index contributed by atoms with van der Waals surface area (Å²) in [6, 6.07) is 0. The molecule has 9 heavy (non-hydrogen) atoms. The summed E-state index contributed by atoms with van der Waals surface area (Å²) in [4.78, 5) is 0.